The summed E-state index contributed by atoms with van der Waals surface area (Å²) in [5, 5.41) is 33.6. The van der Waals surface area contributed by atoms with Gasteiger partial charge in [-0.25, -0.2) is 4.98 Å². The lowest BCUT2D eigenvalue weighted by atomic mass is 10.2. The van der Waals surface area contributed by atoms with E-state index in [0.717, 1.165) is 30.1 Å². The van der Waals surface area contributed by atoms with Gasteiger partial charge < -0.3 is 10.4 Å². The first kappa shape index (κ1) is 17.1. The fourth-order valence-corrected chi connectivity index (χ4v) is 2.27. The molecule has 0 fully saturated rings. The van der Waals surface area contributed by atoms with Gasteiger partial charge in [0.25, 0.3) is 11.4 Å². The standard InChI is InChI=1S/C13H10N4O6S/c18-11-5-8(16(20)21)1-3-10(11)15-12(19)7-24-13-4-2-9(6-14-13)17(22)23/h1-6,18H,7H2,(H,15,19). The minimum absolute atomic E-state index is 0.0443. The van der Waals surface area contributed by atoms with E-state index in [1.807, 2.05) is 0 Å². The van der Waals surface area contributed by atoms with Crippen LogP contribution in [-0.4, -0.2) is 31.6 Å². The maximum atomic E-state index is 11.8. The molecule has 0 aliphatic heterocycles. The van der Waals surface area contributed by atoms with Crippen LogP contribution in [-0.2, 0) is 4.79 Å². The molecule has 1 aromatic heterocycles. The highest BCUT2D eigenvalue weighted by Gasteiger charge is 2.13. The number of carbonyl (C=O) groups excluding carboxylic acids is 1. The van der Waals surface area contributed by atoms with Gasteiger partial charge in [-0.1, -0.05) is 11.8 Å². The number of nitrogens with one attached hydrogen (secondary N) is 1. The number of hydrogen-bond donors (Lipinski definition) is 2. The molecule has 11 heteroatoms. The lowest BCUT2D eigenvalue weighted by molar-refractivity contribution is -0.385. The molecule has 0 spiro atoms. The van der Waals surface area contributed by atoms with E-state index in [0.29, 0.717) is 5.03 Å². The number of aromatic hydroxyl groups is 1. The van der Waals surface area contributed by atoms with E-state index < -0.39 is 21.5 Å². The molecule has 2 aromatic rings. The Balaban J connectivity index is 1.93. The number of benzene rings is 1. The van der Waals surface area contributed by atoms with E-state index in [1.54, 1.807) is 0 Å². The molecule has 1 amide bonds. The maximum Gasteiger partial charge on any atom is 0.287 e. The highest BCUT2D eigenvalue weighted by molar-refractivity contribution is 7.99. The zero-order valence-electron chi connectivity index (χ0n) is 11.9. The van der Waals surface area contributed by atoms with Crippen molar-refractivity contribution >= 4 is 34.7 Å². The number of anilines is 1. The van der Waals surface area contributed by atoms with Crippen LogP contribution in [0.15, 0.2) is 41.6 Å². The van der Waals surface area contributed by atoms with Crippen molar-refractivity contribution < 1.29 is 19.7 Å². The Bertz CT molecular complexity index is 796. The van der Waals surface area contributed by atoms with Crippen LogP contribution in [0.5, 0.6) is 5.75 Å². The first-order valence-electron chi connectivity index (χ1n) is 6.37. The molecule has 0 saturated carbocycles. The molecule has 2 N–H and O–H groups in total. The van der Waals surface area contributed by atoms with Gasteiger partial charge in [-0.15, -0.1) is 0 Å². The predicted molar refractivity (Wildman–Crippen MR) is 85.0 cm³/mol. The average Bonchev–Trinajstić information content (AvgIpc) is 2.55. The van der Waals surface area contributed by atoms with Crippen molar-refractivity contribution in [2.45, 2.75) is 5.03 Å². The number of rotatable bonds is 6. The van der Waals surface area contributed by atoms with Crippen LogP contribution in [0.2, 0.25) is 0 Å². The van der Waals surface area contributed by atoms with Gasteiger partial charge in [-0.05, 0) is 12.1 Å². The van der Waals surface area contributed by atoms with E-state index in [4.69, 9.17) is 0 Å². The van der Waals surface area contributed by atoms with E-state index >= 15 is 0 Å². The molecule has 1 aromatic carbocycles. The van der Waals surface area contributed by atoms with E-state index in [1.165, 1.54) is 18.2 Å². The Morgan fingerprint density at radius 1 is 1.17 bits per heavy atom. The fraction of sp³-hybridized carbons (Fsp3) is 0.0769. The number of nitro groups is 2. The summed E-state index contributed by atoms with van der Waals surface area (Å²) in [5.74, 6) is -0.943. The molecule has 0 aliphatic carbocycles. The summed E-state index contributed by atoms with van der Waals surface area (Å²) in [6, 6.07) is 6.00. The SMILES string of the molecule is O=C(CSc1ccc([N+](=O)[O-])cn1)Nc1ccc([N+](=O)[O-])cc1O. The monoisotopic (exact) mass is 350 g/mol. The second-order valence-electron chi connectivity index (χ2n) is 4.41. The van der Waals surface area contributed by atoms with Crippen LogP contribution < -0.4 is 5.32 Å². The summed E-state index contributed by atoms with van der Waals surface area (Å²) < 4.78 is 0. The maximum absolute atomic E-state index is 11.8. The zero-order valence-corrected chi connectivity index (χ0v) is 12.7. The summed E-state index contributed by atoms with van der Waals surface area (Å²) in [6.45, 7) is 0. The minimum Gasteiger partial charge on any atom is -0.506 e. The van der Waals surface area contributed by atoms with Gasteiger partial charge in [0.15, 0.2) is 0 Å². The van der Waals surface area contributed by atoms with E-state index in [-0.39, 0.29) is 22.8 Å². The molecule has 1 heterocycles. The molecule has 0 radical (unpaired) electrons. The Labute approximate surface area is 138 Å². The van der Waals surface area contributed by atoms with Crippen LogP contribution >= 0.6 is 11.8 Å². The average molecular weight is 350 g/mol. The smallest absolute Gasteiger partial charge is 0.287 e. The third-order valence-electron chi connectivity index (χ3n) is 2.75. The first-order valence-corrected chi connectivity index (χ1v) is 7.36. The van der Waals surface area contributed by atoms with Crippen molar-refractivity contribution in [2.75, 3.05) is 11.1 Å². The van der Waals surface area contributed by atoms with Gasteiger partial charge in [0.05, 0.1) is 32.4 Å². The highest BCUT2D eigenvalue weighted by atomic mass is 32.2. The largest absolute Gasteiger partial charge is 0.506 e. The number of phenols is 1. The number of amides is 1. The molecule has 0 unspecified atom stereocenters. The Morgan fingerprint density at radius 3 is 2.38 bits per heavy atom. The Morgan fingerprint density at radius 2 is 1.83 bits per heavy atom. The van der Waals surface area contributed by atoms with Crippen LogP contribution in [0.3, 0.4) is 0 Å². The fourth-order valence-electron chi connectivity index (χ4n) is 1.63. The van der Waals surface area contributed by atoms with Gasteiger partial charge in [0, 0.05) is 12.1 Å². The number of nitro benzene ring substituents is 1. The van der Waals surface area contributed by atoms with Gasteiger partial charge in [-0.2, -0.15) is 0 Å². The molecular weight excluding hydrogens is 340 g/mol. The molecule has 0 bridgehead atoms. The number of carbonyl (C=O) groups is 1. The van der Waals surface area contributed by atoms with Crippen molar-refractivity contribution in [2.24, 2.45) is 0 Å². The van der Waals surface area contributed by atoms with Crippen LogP contribution in [0, 0.1) is 20.2 Å². The second-order valence-corrected chi connectivity index (χ2v) is 5.40. The van der Waals surface area contributed by atoms with Crippen molar-refractivity contribution in [1.29, 1.82) is 0 Å². The second kappa shape index (κ2) is 7.37. The Hall–Kier alpha value is -3.21. The van der Waals surface area contributed by atoms with Crippen molar-refractivity contribution in [1.82, 2.24) is 4.98 Å². The van der Waals surface area contributed by atoms with Crippen molar-refractivity contribution in [3.63, 3.8) is 0 Å². The van der Waals surface area contributed by atoms with Crippen LogP contribution in [0.4, 0.5) is 17.1 Å². The van der Waals surface area contributed by atoms with Crippen LogP contribution in [0.1, 0.15) is 0 Å². The molecule has 0 aliphatic rings. The number of nitrogens with zero attached hydrogens (tertiary/aromatic N) is 3. The molecular formula is C13H10N4O6S. The number of aromatic nitrogens is 1. The lowest BCUT2D eigenvalue weighted by Gasteiger charge is -2.06. The number of non-ortho nitro benzene ring substituents is 1. The topological polar surface area (TPSA) is 148 Å². The summed E-state index contributed by atoms with van der Waals surface area (Å²) >= 11 is 1.05. The lowest BCUT2D eigenvalue weighted by Crippen LogP contribution is -2.14. The summed E-state index contributed by atoms with van der Waals surface area (Å²) in [6.07, 6.45) is 1.09. The number of hydrogen-bond acceptors (Lipinski definition) is 8. The molecule has 0 atom stereocenters. The summed E-state index contributed by atoms with van der Waals surface area (Å²) in [5.41, 5.74) is -0.405. The third-order valence-corrected chi connectivity index (χ3v) is 3.69. The third kappa shape index (κ3) is 4.39. The molecule has 124 valence electrons. The van der Waals surface area contributed by atoms with Gasteiger partial charge >= 0.3 is 0 Å². The van der Waals surface area contributed by atoms with Gasteiger partial charge in [-0.3, -0.25) is 25.0 Å². The highest BCUT2D eigenvalue weighted by Crippen LogP contribution is 2.28. The molecule has 24 heavy (non-hydrogen) atoms. The quantitative estimate of drug-likeness (QED) is 0.349. The van der Waals surface area contributed by atoms with Crippen LogP contribution in [0.25, 0.3) is 0 Å². The minimum atomic E-state index is -0.665. The predicted octanol–water partition coefficient (Wildman–Crippen LogP) is 2.33. The van der Waals surface area contributed by atoms with E-state index in [9.17, 15) is 30.1 Å². The Kier molecular flexibility index (Phi) is 5.27. The molecule has 0 saturated heterocycles. The number of thioether (sulfide) groups is 1. The molecule has 2 rings (SSSR count). The van der Waals surface area contributed by atoms with Crippen molar-refractivity contribution in [3.8, 4) is 5.75 Å². The summed E-state index contributed by atoms with van der Waals surface area (Å²) in [7, 11) is 0. The zero-order chi connectivity index (χ0) is 17.7. The number of pyridine rings is 1. The molecule has 10 nitrogen and oxygen atoms in total. The number of phenolic OH excluding ortho intramolecular Hbond substituents is 1. The summed E-state index contributed by atoms with van der Waals surface area (Å²) in [4.78, 5) is 35.5. The van der Waals surface area contributed by atoms with Gasteiger partial charge in [0.1, 0.15) is 11.9 Å². The normalized spacial score (nSPS) is 10.2. The van der Waals surface area contributed by atoms with Gasteiger partial charge in [0.2, 0.25) is 5.91 Å². The first-order chi connectivity index (χ1) is 11.4. The van der Waals surface area contributed by atoms with E-state index in [2.05, 4.69) is 10.3 Å². The van der Waals surface area contributed by atoms with Crippen molar-refractivity contribution in [3.05, 3.63) is 56.8 Å².